The number of hydrogen-bond acceptors (Lipinski definition) is 7. The van der Waals surface area contributed by atoms with Crippen molar-refractivity contribution in [2.24, 2.45) is 0 Å². The molecule has 38 heavy (non-hydrogen) atoms. The number of rotatable bonds is 6. The summed E-state index contributed by atoms with van der Waals surface area (Å²) in [4.78, 5) is 14.8. The van der Waals surface area contributed by atoms with Crippen LogP contribution in [0.4, 0.5) is 33.7 Å². The van der Waals surface area contributed by atoms with Gasteiger partial charge in [0.1, 0.15) is 11.9 Å². The Bertz CT molecular complexity index is 1430. The second kappa shape index (κ2) is 9.87. The van der Waals surface area contributed by atoms with Crippen molar-refractivity contribution in [1.82, 2.24) is 19.3 Å². The minimum Gasteiger partial charge on any atom is -0.442 e. The van der Waals surface area contributed by atoms with E-state index in [0.29, 0.717) is 18.3 Å². The average molecular weight is 555 g/mol. The van der Waals surface area contributed by atoms with Crippen molar-refractivity contribution >= 4 is 27.5 Å². The van der Waals surface area contributed by atoms with E-state index in [0.717, 1.165) is 22.5 Å². The number of cyclic esters (lactones) is 1. The highest BCUT2D eigenvalue weighted by molar-refractivity contribution is 7.89. The van der Waals surface area contributed by atoms with E-state index in [2.05, 4.69) is 10.3 Å². The molecule has 202 valence electrons. The Labute approximate surface area is 215 Å². The van der Waals surface area contributed by atoms with Gasteiger partial charge in [-0.05, 0) is 36.4 Å². The van der Waals surface area contributed by atoms with Crippen LogP contribution in [-0.4, -0.2) is 72.6 Å². The van der Waals surface area contributed by atoms with Crippen molar-refractivity contribution in [3.05, 3.63) is 66.2 Å². The summed E-state index contributed by atoms with van der Waals surface area (Å²) >= 11 is 0. The molecule has 2 aliphatic rings. The van der Waals surface area contributed by atoms with Crippen LogP contribution in [0.5, 0.6) is 0 Å². The van der Waals surface area contributed by atoms with Crippen LogP contribution in [0.15, 0.2) is 59.8 Å². The molecule has 3 heterocycles. The minimum absolute atomic E-state index is 0.0395. The third-order valence-corrected chi connectivity index (χ3v) is 8.25. The number of sulfonamides is 1. The standard InChI is InChI=1S/C23H22F4N6O4S/c24-20-13-17(33-15-18(37-22(33)34)14-31-7-6-28-29-31)4-5-21(20)30-8-10-32(11-9-30)38(35,36)19-3-1-2-16(12-19)23(25,26)27/h1-7,12-13,18H,8-11,14-15H2/t18-/m0/s1. The highest BCUT2D eigenvalue weighted by Gasteiger charge is 2.35. The Morgan fingerprint density at radius 1 is 1.05 bits per heavy atom. The van der Waals surface area contributed by atoms with E-state index >= 15 is 4.39 Å². The first kappa shape index (κ1) is 25.9. The minimum atomic E-state index is -4.67. The average Bonchev–Trinajstić information content (AvgIpc) is 3.53. The first-order valence-corrected chi connectivity index (χ1v) is 13.0. The van der Waals surface area contributed by atoms with Gasteiger partial charge >= 0.3 is 12.3 Å². The number of nitrogens with zero attached hydrogens (tertiary/aromatic N) is 6. The van der Waals surface area contributed by atoms with E-state index in [-0.39, 0.29) is 38.4 Å². The highest BCUT2D eigenvalue weighted by atomic mass is 32.2. The fourth-order valence-corrected chi connectivity index (χ4v) is 5.91. The van der Waals surface area contributed by atoms with Crippen LogP contribution in [-0.2, 0) is 27.5 Å². The van der Waals surface area contributed by atoms with Crippen LogP contribution < -0.4 is 9.80 Å². The summed E-state index contributed by atoms with van der Waals surface area (Å²) in [6, 6.07) is 7.87. The molecule has 3 aromatic rings. The van der Waals surface area contributed by atoms with Gasteiger partial charge in [-0.3, -0.25) is 4.90 Å². The van der Waals surface area contributed by atoms with Gasteiger partial charge in [0.05, 0.1) is 41.1 Å². The van der Waals surface area contributed by atoms with Crippen LogP contribution in [0.1, 0.15) is 5.56 Å². The second-order valence-electron chi connectivity index (χ2n) is 8.79. The van der Waals surface area contributed by atoms with Crippen molar-refractivity contribution in [3.63, 3.8) is 0 Å². The molecule has 5 rings (SSSR count). The van der Waals surface area contributed by atoms with Gasteiger partial charge in [-0.2, -0.15) is 17.5 Å². The molecule has 0 unspecified atom stereocenters. The molecule has 2 saturated heterocycles. The number of anilines is 2. The molecular formula is C23H22F4N6O4S. The van der Waals surface area contributed by atoms with Crippen molar-refractivity contribution < 1.29 is 35.5 Å². The SMILES string of the molecule is O=C1O[C@@H](Cn2ccnn2)CN1c1ccc(N2CCN(S(=O)(=O)c3cccc(C(F)(F)F)c3)CC2)c(F)c1. The molecular weight excluding hydrogens is 532 g/mol. The van der Waals surface area contributed by atoms with Gasteiger partial charge in [-0.25, -0.2) is 22.3 Å². The zero-order valence-corrected chi connectivity index (χ0v) is 20.6. The van der Waals surface area contributed by atoms with Gasteiger partial charge in [0, 0.05) is 32.4 Å². The second-order valence-corrected chi connectivity index (χ2v) is 10.7. The van der Waals surface area contributed by atoms with Gasteiger partial charge in [0.25, 0.3) is 0 Å². The monoisotopic (exact) mass is 554 g/mol. The maximum Gasteiger partial charge on any atom is 0.416 e. The summed E-state index contributed by atoms with van der Waals surface area (Å²) in [5.74, 6) is -0.607. The van der Waals surface area contributed by atoms with Gasteiger partial charge in [-0.1, -0.05) is 11.3 Å². The lowest BCUT2D eigenvalue weighted by Gasteiger charge is -2.35. The van der Waals surface area contributed by atoms with Crippen molar-refractivity contribution in [2.45, 2.75) is 23.7 Å². The van der Waals surface area contributed by atoms with Crippen LogP contribution in [0, 0.1) is 5.82 Å². The number of aromatic nitrogens is 3. The van der Waals surface area contributed by atoms with Gasteiger partial charge in [0.2, 0.25) is 10.0 Å². The van der Waals surface area contributed by atoms with E-state index in [9.17, 15) is 26.4 Å². The van der Waals surface area contributed by atoms with Crippen molar-refractivity contribution in [3.8, 4) is 0 Å². The number of halogens is 4. The van der Waals surface area contributed by atoms with Crippen LogP contribution in [0.3, 0.4) is 0 Å². The van der Waals surface area contributed by atoms with E-state index < -0.39 is 44.7 Å². The third kappa shape index (κ3) is 5.15. The predicted molar refractivity (Wildman–Crippen MR) is 126 cm³/mol. The summed E-state index contributed by atoms with van der Waals surface area (Å²) < 4.78 is 88.0. The first-order valence-electron chi connectivity index (χ1n) is 11.6. The Morgan fingerprint density at radius 2 is 1.82 bits per heavy atom. The molecule has 0 bridgehead atoms. The largest absolute Gasteiger partial charge is 0.442 e. The molecule has 2 aliphatic heterocycles. The topological polar surface area (TPSA) is 101 Å². The molecule has 0 aliphatic carbocycles. The lowest BCUT2D eigenvalue weighted by atomic mass is 10.2. The number of alkyl halides is 3. The Balaban J connectivity index is 1.24. The lowest BCUT2D eigenvalue weighted by Crippen LogP contribution is -2.49. The Morgan fingerprint density at radius 3 is 2.47 bits per heavy atom. The van der Waals surface area contributed by atoms with Crippen LogP contribution in [0.2, 0.25) is 0 Å². The summed E-state index contributed by atoms with van der Waals surface area (Å²) in [6.07, 6.45) is -2.63. The zero-order chi connectivity index (χ0) is 27.1. The molecule has 10 nitrogen and oxygen atoms in total. The summed E-state index contributed by atoms with van der Waals surface area (Å²) in [6.45, 7) is 0.671. The molecule has 0 saturated carbocycles. The van der Waals surface area contributed by atoms with E-state index in [1.807, 2.05) is 0 Å². The molecule has 1 aromatic heterocycles. The summed E-state index contributed by atoms with van der Waals surface area (Å²) in [5, 5.41) is 7.54. The normalized spacial score (nSPS) is 19.2. The van der Waals surface area contributed by atoms with E-state index in [1.54, 1.807) is 17.2 Å². The van der Waals surface area contributed by atoms with Crippen LogP contribution >= 0.6 is 0 Å². The number of hydrogen-bond donors (Lipinski definition) is 0. The zero-order valence-electron chi connectivity index (χ0n) is 19.8. The smallest absolute Gasteiger partial charge is 0.416 e. The lowest BCUT2D eigenvalue weighted by molar-refractivity contribution is -0.137. The number of amides is 1. The molecule has 1 amide bonds. The number of carbonyl (C=O) groups is 1. The van der Waals surface area contributed by atoms with E-state index in [4.69, 9.17) is 4.74 Å². The summed E-state index contributed by atoms with van der Waals surface area (Å²) in [7, 11) is -4.16. The molecule has 2 aromatic carbocycles. The van der Waals surface area contributed by atoms with Crippen molar-refractivity contribution in [1.29, 1.82) is 0 Å². The quantitative estimate of drug-likeness (QED) is 0.432. The Hall–Kier alpha value is -3.72. The molecule has 0 N–H and O–H groups in total. The van der Waals surface area contributed by atoms with Crippen molar-refractivity contribution in [2.75, 3.05) is 42.5 Å². The maximum atomic E-state index is 15.1. The predicted octanol–water partition coefficient (Wildman–Crippen LogP) is 2.97. The highest BCUT2D eigenvalue weighted by Crippen LogP contribution is 2.32. The molecule has 0 spiro atoms. The maximum absolute atomic E-state index is 15.1. The van der Waals surface area contributed by atoms with E-state index in [1.165, 1.54) is 27.9 Å². The Kier molecular flexibility index (Phi) is 6.73. The molecule has 1 atom stereocenters. The number of benzene rings is 2. The third-order valence-electron chi connectivity index (χ3n) is 6.36. The fraction of sp³-hybridized carbons (Fsp3) is 0.348. The fourth-order valence-electron chi connectivity index (χ4n) is 4.44. The number of piperazine rings is 1. The number of carbonyl (C=O) groups excluding carboxylic acids is 1. The van der Waals surface area contributed by atoms with Gasteiger partial charge < -0.3 is 9.64 Å². The van der Waals surface area contributed by atoms with Gasteiger partial charge in [-0.15, -0.1) is 5.10 Å². The van der Waals surface area contributed by atoms with Crippen LogP contribution in [0.25, 0.3) is 0 Å². The number of ether oxygens (including phenoxy) is 1. The molecule has 15 heteroatoms. The molecule has 0 radical (unpaired) electrons. The van der Waals surface area contributed by atoms with Gasteiger partial charge in [0.15, 0.2) is 0 Å². The summed E-state index contributed by atoms with van der Waals surface area (Å²) in [5.41, 5.74) is -0.523. The first-order chi connectivity index (χ1) is 18.0. The molecule has 2 fully saturated rings.